The predicted octanol–water partition coefficient (Wildman–Crippen LogP) is 4.00. The molecule has 1 aromatic carbocycles. The zero-order valence-electron chi connectivity index (χ0n) is 17.3. The second-order valence-electron chi connectivity index (χ2n) is 8.93. The first-order chi connectivity index (χ1) is 13.4. The highest BCUT2D eigenvalue weighted by Gasteiger charge is 2.35. The van der Waals surface area contributed by atoms with Gasteiger partial charge in [0.15, 0.2) is 5.76 Å². The van der Waals surface area contributed by atoms with E-state index in [0.717, 1.165) is 43.5 Å². The van der Waals surface area contributed by atoms with Gasteiger partial charge in [0.05, 0.1) is 13.2 Å². The van der Waals surface area contributed by atoms with Crippen LogP contribution in [0, 0.1) is 11.3 Å². The molecule has 2 aliphatic heterocycles. The lowest BCUT2D eigenvalue weighted by atomic mass is 9.77. The number of benzene rings is 1. The average molecular weight is 388 g/mol. The average Bonchev–Trinajstić information content (AvgIpc) is 2.72. The number of carbonyl (C=O) groups excluding carboxylic acids is 1. The molecule has 2 heterocycles. The molecule has 1 fully saturated rings. The number of hydrogen-bond donors (Lipinski definition) is 1. The molecule has 0 spiro atoms. The Bertz CT molecular complexity index is 684. The molecule has 2 atom stereocenters. The highest BCUT2D eigenvalue weighted by Crippen LogP contribution is 2.37. The summed E-state index contributed by atoms with van der Waals surface area (Å²) in [7, 11) is 0. The molecule has 3 rings (SSSR count). The minimum absolute atomic E-state index is 0.00505. The molecule has 154 valence electrons. The summed E-state index contributed by atoms with van der Waals surface area (Å²) in [6.45, 7) is 8.63. The molecule has 0 bridgehead atoms. The van der Waals surface area contributed by atoms with Crippen LogP contribution in [-0.4, -0.2) is 35.3 Å². The monoisotopic (exact) mass is 387 g/mol. The van der Waals surface area contributed by atoms with Crippen molar-refractivity contribution < 1.29 is 19.4 Å². The molecule has 5 heteroatoms. The zero-order valence-corrected chi connectivity index (χ0v) is 17.3. The van der Waals surface area contributed by atoms with Crippen LogP contribution in [-0.2, 0) is 27.5 Å². The quantitative estimate of drug-likeness (QED) is 0.830. The van der Waals surface area contributed by atoms with Crippen molar-refractivity contribution in [3.63, 3.8) is 0 Å². The first-order valence-electron chi connectivity index (χ1n) is 10.3. The van der Waals surface area contributed by atoms with Gasteiger partial charge in [0.25, 0.3) is 5.91 Å². The minimum atomic E-state index is -0.435. The maximum atomic E-state index is 13.0. The summed E-state index contributed by atoms with van der Waals surface area (Å²) in [4.78, 5) is 14.9. The van der Waals surface area contributed by atoms with Crippen molar-refractivity contribution in [2.45, 2.75) is 66.0 Å². The van der Waals surface area contributed by atoms with Crippen LogP contribution >= 0.6 is 0 Å². The molecule has 1 aromatic rings. The number of likely N-dealkylation sites (tertiary alicyclic amines) is 1. The fourth-order valence-electron chi connectivity index (χ4n) is 3.70. The van der Waals surface area contributed by atoms with Crippen molar-refractivity contribution in [3.05, 3.63) is 47.2 Å². The van der Waals surface area contributed by atoms with Crippen LogP contribution in [0.25, 0.3) is 0 Å². The molecule has 1 N–H and O–H groups in total. The van der Waals surface area contributed by atoms with Crippen LogP contribution in [0.4, 0.5) is 0 Å². The van der Waals surface area contributed by atoms with Gasteiger partial charge in [-0.05, 0) is 47.8 Å². The van der Waals surface area contributed by atoms with Crippen molar-refractivity contribution in [2.24, 2.45) is 11.3 Å². The normalized spacial score (nSPS) is 23.1. The Labute approximate surface area is 168 Å². The topological polar surface area (TPSA) is 59.0 Å². The van der Waals surface area contributed by atoms with E-state index >= 15 is 0 Å². The smallest absolute Gasteiger partial charge is 0.288 e. The number of allylic oxidation sites excluding steroid dienone is 1. The highest BCUT2D eigenvalue weighted by atomic mass is 16.7. The van der Waals surface area contributed by atoms with Crippen LogP contribution in [0.15, 0.2) is 36.1 Å². The van der Waals surface area contributed by atoms with E-state index in [2.05, 4.69) is 20.8 Å². The zero-order chi connectivity index (χ0) is 20.1. The number of hydrogen-bond acceptors (Lipinski definition) is 4. The summed E-state index contributed by atoms with van der Waals surface area (Å²) in [6.07, 6.45) is 5.61. The third kappa shape index (κ3) is 5.36. The molecule has 5 nitrogen and oxygen atoms in total. The van der Waals surface area contributed by atoms with E-state index < -0.39 is 6.29 Å². The van der Waals surface area contributed by atoms with Gasteiger partial charge in [0.1, 0.15) is 0 Å². The summed E-state index contributed by atoms with van der Waals surface area (Å²) in [5.74, 6) is 0.648. The fourth-order valence-corrected chi connectivity index (χ4v) is 3.70. The van der Waals surface area contributed by atoms with Gasteiger partial charge < -0.3 is 19.5 Å². The lowest BCUT2D eigenvalue weighted by Crippen LogP contribution is -2.40. The molecular formula is C23H33NO4. The summed E-state index contributed by atoms with van der Waals surface area (Å²) in [5, 5.41) is 9.16. The highest BCUT2D eigenvalue weighted by molar-refractivity contribution is 5.91. The summed E-state index contributed by atoms with van der Waals surface area (Å²) >= 11 is 0. The largest absolute Gasteiger partial charge is 0.459 e. The van der Waals surface area contributed by atoms with E-state index in [4.69, 9.17) is 14.6 Å². The number of piperidine rings is 1. The third-order valence-corrected chi connectivity index (χ3v) is 5.67. The first kappa shape index (κ1) is 20.9. The maximum Gasteiger partial charge on any atom is 0.288 e. The molecule has 0 saturated carbocycles. The van der Waals surface area contributed by atoms with Gasteiger partial charge in [0.2, 0.25) is 6.29 Å². The van der Waals surface area contributed by atoms with E-state index in [1.165, 1.54) is 6.42 Å². The Balaban J connectivity index is 1.68. The summed E-state index contributed by atoms with van der Waals surface area (Å²) in [6, 6.07) is 7.68. The number of aliphatic hydroxyl groups excluding tert-OH is 1. The van der Waals surface area contributed by atoms with E-state index in [-0.39, 0.29) is 23.8 Å². The van der Waals surface area contributed by atoms with Crippen LogP contribution in [0.5, 0.6) is 0 Å². The molecule has 28 heavy (non-hydrogen) atoms. The van der Waals surface area contributed by atoms with Gasteiger partial charge in [-0.3, -0.25) is 4.79 Å². The molecule has 0 radical (unpaired) electrons. The number of ether oxygens (including phenoxy) is 2. The van der Waals surface area contributed by atoms with E-state index in [0.29, 0.717) is 12.4 Å². The summed E-state index contributed by atoms with van der Waals surface area (Å²) in [5.41, 5.74) is 1.93. The van der Waals surface area contributed by atoms with Crippen LogP contribution in [0.2, 0.25) is 0 Å². The Morgan fingerprint density at radius 2 is 1.79 bits per heavy atom. The van der Waals surface area contributed by atoms with Gasteiger partial charge in [-0.25, -0.2) is 0 Å². The van der Waals surface area contributed by atoms with Crippen molar-refractivity contribution in [1.29, 1.82) is 0 Å². The van der Waals surface area contributed by atoms with Crippen LogP contribution in [0.1, 0.15) is 57.6 Å². The van der Waals surface area contributed by atoms with Crippen LogP contribution in [0.3, 0.4) is 0 Å². The van der Waals surface area contributed by atoms with Crippen molar-refractivity contribution in [2.75, 3.05) is 13.1 Å². The van der Waals surface area contributed by atoms with Crippen molar-refractivity contribution >= 4 is 5.91 Å². The van der Waals surface area contributed by atoms with Gasteiger partial charge in [-0.15, -0.1) is 0 Å². The lowest BCUT2D eigenvalue weighted by molar-refractivity contribution is -0.162. The van der Waals surface area contributed by atoms with Crippen molar-refractivity contribution in [3.8, 4) is 0 Å². The van der Waals surface area contributed by atoms with Crippen LogP contribution < -0.4 is 0 Å². The third-order valence-electron chi connectivity index (χ3n) is 5.67. The Hall–Kier alpha value is -1.85. The van der Waals surface area contributed by atoms with Gasteiger partial charge in [-0.1, -0.05) is 45.0 Å². The predicted molar refractivity (Wildman–Crippen MR) is 108 cm³/mol. The number of carbonyl (C=O) groups is 1. The molecule has 1 amide bonds. The Morgan fingerprint density at radius 1 is 1.14 bits per heavy atom. The summed E-state index contributed by atoms with van der Waals surface area (Å²) < 4.78 is 12.0. The van der Waals surface area contributed by atoms with E-state index in [1.807, 2.05) is 35.2 Å². The lowest BCUT2D eigenvalue weighted by Gasteiger charge is -2.37. The second kappa shape index (κ2) is 9.10. The minimum Gasteiger partial charge on any atom is -0.459 e. The molecule has 0 aromatic heterocycles. The second-order valence-corrected chi connectivity index (χ2v) is 8.93. The van der Waals surface area contributed by atoms with Crippen molar-refractivity contribution in [1.82, 2.24) is 4.90 Å². The Kier molecular flexibility index (Phi) is 6.78. The number of amides is 1. The molecule has 1 saturated heterocycles. The van der Waals surface area contributed by atoms with Gasteiger partial charge in [0, 0.05) is 19.5 Å². The van der Waals surface area contributed by atoms with Gasteiger partial charge >= 0.3 is 0 Å². The maximum absolute atomic E-state index is 13.0. The number of nitrogens with zero attached hydrogens (tertiary/aromatic N) is 1. The number of aliphatic hydroxyl groups is 1. The number of rotatable bonds is 5. The standard InChI is InChI=1S/C23H33NO4/c1-23(2,3)19-13-20(22(26)24-11-5-4-6-12-24)28-21(14-19)27-16-18-9-7-17(15-25)8-10-18/h7-10,13,19,21,25H,4-6,11-12,14-16H2,1-3H3/t19-,21+/m0/s1. The Morgan fingerprint density at radius 3 is 2.39 bits per heavy atom. The fraction of sp³-hybridized carbons (Fsp3) is 0.609. The van der Waals surface area contributed by atoms with Gasteiger partial charge in [-0.2, -0.15) is 0 Å². The van der Waals surface area contributed by atoms with E-state index in [1.54, 1.807) is 0 Å². The SMILES string of the molecule is CC(C)(C)[C@H]1C=C(C(=O)N2CCCCC2)O[C@@H](OCc2ccc(CO)cc2)C1. The first-order valence-corrected chi connectivity index (χ1v) is 10.3. The molecular weight excluding hydrogens is 354 g/mol. The van der Waals surface area contributed by atoms with E-state index in [9.17, 15) is 4.79 Å². The molecule has 2 aliphatic rings. The molecule has 0 aliphatic carbocycles. The molecule has 0 unspecified atom stereocenters.